The fraction of sp³-hybridized carbons (Fsp3) is 0.833. The maximum atomic E-state index is 5.00. The Kier molecular flexibility index (Phi) is 5.48. The lowest BCUT2D eigenvalue weighted by atomic mass is 9.72. The number of aryl methyl sites for hydroxylation is 2. The minimum atomic E-state index is 0.127. The third kappa shape index (κ3) is 3.68. The standard InChI is InChI=1S/C18H32N2S/c1-7-16-14(6)21-17(19-16)18(20-13(4)5)10-8-15(9-11-18)12(2)3/h12-13,15,20H,7-11H2,1-6H3. The minimum absolute atomic E-state index is 0.127. The van der Waals surface area contributed by atoms with Crippen molar-refractivity contribution in [1.29, 1.82) is 0 Å². The molecule has 0 spiro atoms. The summed E-state index contributed by atoms with van der Waals surface area (Å²) >= 11 is 1.92. The predicted octanol–water partition coefficient (Wildman–Crippen LogP) is 5.05. The number of rotatable bonds is 5. The van der Waals surface area contributed by atoms with E-state index in [4.69, 9.17) is 4.98 Å². The molecule has 1 aliphatic rings. The summed E-state index contributed by atoms with van der Waals surface area (Å²) in [5.41, 5.74) is 1.42. The minimum Gasteiger partial charge on any atom is -0.303 e. The molecule has 21 heavy (non-hydrogen) atoms. The summed E-state index contributed by atoms with van der Waals surface area (Å²) in [6.07, 6.45) is 6.19. The van der Waals surface area contributed by atoms with Crippen LogP contribution in [0.2, 0.25) is 0 Å². The zero-order chi connectivity index (χ0) is 15.6. The van der Waals surface area contributed by atoms with Crippen LogP contribution in [0.3, 0.4) is 0 Å². The van der Waals surface area contributed by atoms with E-state index in [9.17, 15) is 0 Å². The first-order valence-corrected chi connectivity index (χ1v) is 9.44. The summed E-state index contributed by atoms with van der Waals surface area (Å²) < 4.78 is 0. The molecule has 1 aromatic rings. The lowest BCUT2D eigenvalue weighted by Crippen LogP contribution is -2.48. The molecule has 0 unspecified atom stereocenters. The molecule has 1 heterocycles. The average Bonchev–Trinajstić information content (AvgIpc) is 2.80. The average molecular weight is 309 g/mol. The number of nitrogens with zero attached hydrogens (tertiary/aromatic N) is 1. The van der Waals surface area contributed by atoms with Crippen LogP contribution in [0, 0.1) is 18.8 Å². The summed E-state index contributed by atoms with van der Waals surface area (Å²) in [4.78, 5) is 6.41. The summed E-state index contributed by atoms with van der Waals surface area (Å²) in [5.74, 6) is 1.70. The molecular weight excluding hydrogens is 276 g/mol. The van der Waals surface area contributed by atoms with Crippen LogP contribution in [0.5, 0.6) is 0 Å². The second-order valence-electron chi connectivity index (χ2n) is 7.34. The highest BCUT2D eigenvalue weighted by Gasteiger charge is 2.40. The van der Waals surface area contributed by atoms with Gasteiger partial charge in [0, 0.05) is 10.9 Å². The fourth-order valence-corrected chi connectivity index (χ4v) is 4.94. The molecule has 2 rings (SSSR count). The molecule has 0 amide bonds. The Bertz CT molecular complexity index is 454. The zero-order valence-corrected chi connectivity index (χ0v) is 15.4. The number of hydrogen-bond donors (Lipinski definition) is 1. The van der Waals surface area contributed by atoms with Gasteiger partial charge in [0.1, 0.15) is 5.01 Å². The number of thiazole rings is 1. The van der Waals surface area contributed by atoms with Gasteiger partial charge in [-0.2, -0.15) is 0 Å². The molecule has 0 aliphatic heterocycles. The van der Waals surface area contributed by atoms with E-state index in [1.807, 2.05) is 11.3 Å². The second-order valence-corrected chi connectivity index (χ2v) is 8.54. The van der Waals surface area contributed by atoms with Crippen LogP contribution in [0.4, 0.5) is 0 Å². The van der Waals surface area contributed by atoms with Crippen molar-refractivity contribution in [2.45, 2.75) is 85.2 Å². The Morgan fingerprint density at radius 3 is 2.29 bits per heavy atom. The monoisotopic (exact) mass is 308 g/mol. The largest absolute Gasteiger partial charge is 0.303 e. The highest BCUT2D eigenvalue weighted by atomic mass is 32.1. The van der Waals surface area contributed by atoms with Crippen molar-refractivity contribution < 1.29 is 0 Å². The van der Waals surface area contributed by atoms with E-state index in [0.717, 1.165) is 18.3 Å². The van der Waals surface area contributed by atoms with Crippen molar-refractivity contribution in [2.24, 2.45) is 11.8 Å². The normalized spacial score (nSPS) is 26.8. The van der Waals surface area contributed by atoms with Gasteiger partial charge in [-0.15, -0.1) is 11.3 Å². The van der Waals surface area contributed by atoms with Gasteiger partial charge < -0.3 is 5.32 Å². The Morgan fingerprint density at radius 1 is 1.24 bits per heavy atom. The third-order valence-corrected chi connectivity index (χ3v) is 6.25. The number of hydrogen-bond acceptors (Lipinski definition) is 3. The van der Waals surface area contributed by atoms with Gasteiger partial charge in [0.05, 0.1) is 11.2 Å². The van der Waals surface area contributed by atoms with Crippen molar-refractivity contribution in [3.63, 3.8) is 0 Å². The van der Waals surface area contributed by atoms with Crippen LogP contribution in [-0.2, 0) is 12.0 Å². The van der Waals surface area contributed by atoms with E-state index in [1.54, 1.807) is 0 Å². The van der Waals surface area contributed by atoms with E-state index < -0.39 is 0 Å². The molecule has 0 radical (unpaired) electrons. The first-order chi connectivity index (χ1) is 9.88. The van der Waals surface area contributed by atoms with Crippen molar-refractivity contribution in [1.82, 2.24) is 10.3 Å². The van der Waals surface area contributed by atoms with Gasteiger partial charge in [-0.1, -0.05) is 20.8 Å². The van der Waals surface area contributed by atoms with Gasteiger partial charge in [0.15, 0.2) is 0 Å². The molecule has 1 fully saturated rings. The Hall–Kier alpha value is -0.410. The van der Waals surface area contributed by atoms with Gasteiger partial charge in [-0.25, -0.2) is 4.98 Å². The van der Waals surface area contributed by atoms with Crippen LogP contribution in [-0.4, -0.2) is 11.0 Å². The summed E-state index contributed by atoms with van der Waals surface area (Å²) in [6, 6.07) is 0.509. The fourth-order valence-electron chi connectivity index (χ4n) is 3.73. The highest BCUT2D eigenvalue weighted by Crippen LogP contribution is 2.43. The van der Waals surface area contributed by atoms with Crippen LogP contribution in [0.25, 0.3) is 0 Å². The number of aromatic nitrogens is 1. The smallest absolute Gasteiger partial charge is 0.113 e. The quantitative estimate of drug-likeness (QED) is 0.823. The molecule has 0 aromatic carbocycles. The Balaban J connectivity index is 2.26. The summed E-state index contributed by atoms with van der Waals surface area (Å²) in [5, 5.41) is 5.22. The number of nitrogens with one attached hydrogen (secondary N) is 1. The molecule has 1 aliphatic carbocycles. The van der Waals surface area contributed by atoms with E-state index in [1.165, 1.54) is 41.3 Å². The topological polar surface area (TPSA) is 24.9 Å². The molecular formula is C18H32N2S. The first-order valence-electron chi connectivity index (χ1n) is 8.62. The molecule has 1 saturated carbocycles. The maximum Gasteiger partial charge on any atom is 0.113 e. The van der Waals surface area contributed by atoms with Crippen LogP contribution in [0.15, 0.2) is 0 Å². The lowest BCUT2D eigenvalue weighted by molar-refractivity contribution is 0.151. The zero-order valence-electron chi connectivity index (χ0n) is 14.6. The molecule has 120 valence electrons. The van der Waals surface area contributed by atoms with Crippen molar-refractivity contribution in [3.05, 3.63) is 15.6 Å². The lowest BCUT2D eigenvalue weighted by Gasteiger charge is -2.42. The van der Waals surface area contributed by atoms with Crippen LogP contribution >= 0.6 is 11.3 Å². The van der Waals surface area contributed by atoms with Gasteiger partial charge in [-0.05, 0) is 64.7 Å². The van der Waals surface area contributed by atoms with Crippen molar-refractivity contribution >= 4 is 11.3 Å². The van der Waals surface area contributed by atoms with E-state index in [0.29, 0.717) is 6.04 Å². The van der Waals surface area contributed by atoms with E-state index >= 15 is 0 Å². The molecule has 0 bridgehead atoms. The van der Waals surface area contributed by atoms with Gasteiger partial charge >= 0.3 is 0 Å². The molecule has 1 N–H and O–H groups in total. The first kappa shape index (κ1) is 17.0. The Morgan fingerprint density at radius 2 is 1.86 bits per heavy atom. The molecule has 0 saturated heterocycles. The van der Waals surface area contributed by atoms with Crippen molar-refractivity contribution in [2.75, 3.05) is 0 Å². The maximum absolute atomic E-state index is 5.00. The molecule has 2 nitrogen and oxygen atoms in total. The molecule has 3 heteroatoms. The van der Waals surface area contributed by atoms with Gasteiger partial charge in [-0.3, -0.25) is 0 Å². The van der Waals surface area contributed by atoms with Crippen LogP contribution in [0.1, 0.15) is 75.9 Å². The molecule has 1 aromatic heterocycles. The summed E-state index contributed by atoms with van der Waals surface area (Å²) in [7, 11) is 0. The highest BCUT2D eigenvalue weighted by molar-refractivity contribution is 7.11. The molecule has 0 atom stereocenters. The van der Waals surface area contributed by atoms with E-state index in [-0.39, 0.29) is 5.54 Å². The predicted molar refractivity (Wildman–Crippen MR) is 93.0 cm³/mol. The second kappa shape index (κ2) is 6.78. The van der Waals surface area contributed by atoms with Gasteiger partial charge in [0.25, 0.3) is 0 Å². The van der Waals surface area contributed by atoms with Crippen LogP contribution < -0.4 is 5.32 Å². The van der Waals surface area contributed by atoms with Gasteiger partial charge in [0.2, 0.25) is 0 Å². The summed E-state index contributed by atoms with van der Waals surface area (Å²) in [6.45, 7) is 13.7. The third-order valence-electron chi connectivity index (χ3n) is 5.03. The van der Waals surface area contributed by atoms with Crippen molar-refractivity contribution in [3.8, 4) is 0 Å². The Labute approximate surface area is 134 Å². The SMILES string of the molecule is CCc1nc(C2(NC(C)C)CCC(C(C)C)CC2)sc1C. The van der Waals surface area contributed by atoms with E-state index in [2.05, 4.69) is 46.9 Å².